The number of thiophene rings is 1. The Morgan fingerprint density at radius 1 is 1.42 bits per heavy atom. The van der Waals surface area contributed by atoms with Crippen LogP contribution in [-0.2, 0) is 16.3 Å². The summed E-state index contributed by atoms with van der Waals surface area (Å²) in [5, 5.41) is 7.29. The second-order valence-corrected chi connectivity index (χ2v) is 7.27. The van der Waals surface area contributed by atoms with Crippen molar-refractivity contribution in [1.29, 1.82) is 0 Å². The molecule has 4 nitrogen and oxygen atoms in total. The third kappa shape index (κ3) is 3.78. The van der Waals surface area contributed by atoms with Crippen molar-refractivity contribution in [2.75, 3.05) is 11.6 Å². The summed E-state index contributed by atoms with van der Waals surface area (Å²) >= 11 is 1.66. The molecule has 1 unspecified atom stereocenters. The summed E-state index contributed by atoms with van der Waals surface area (Å²) in [7, 11) is -3.26. The minimum atomic E-state index is -3.26. The molecule has 0 saturated heterocycles. The molecular weight excluding hydrogens is 280 g/mol. The standard InChI is InChI=1S/C13H16N2O2S2/c1-10(8-11-5-7-18-9-11)15-13-12(19(2,16)17)4-3-6-14-13/h3-7,9-10H,8H2,1-2H3,(H,14,15). The molecule has 2 rings (SSSR count). The van der Waals surface area contributed by atoms with Crippen LogP contribution >= 0.6 is 11.3 Å². The van der Waals surface area contributed by atoms with Gasteiger partial charge in [0.25, 0.3) is 0 Å². The molecule has 0 aliphatic rings. The zero-order valence-electron chi connectivity index (χ0n) is 10.8. The van der Waals surface area contributed by atoms with Crippen molar-refractivity contribution in [2.45, 2.75) is 24.3 Å². The highest BCUT2D eigenvalue weighted by Gasteiger charge is 2.15. The lowest BCUT2D eigenvalue weighted by Gasteiger charge is -2.15. The quantitative estimate of drug-likeness (QED) is 0.921. The van der Waals surface area contributed by atoms with E-state index in [2.05, 4.69) is 21.7 Å². The van der Waals surface area contributed by atoms with Crippen molar-refractivity contribution in [3.63, 3.8) is 0 Å². The lowest BCUT2D eigenvalue weighted by atomic mass is 10.1. The number of nitrogens with one attached hydrogen (secondary N) is 1. The zero-order chi connectivity index (χ0) is 13.9. The number of hydrogen-bond acceptors (Lipinski definition) is 5. The molecule has 1 atom stereocenters. The summed E-state index contributed by atoms with van der Waals surface area (Å²) in [6.45, 7) is 2.01. The molecule has 0 spiro atoms. The summed E-state index contributed by atoms with van der Waals surface area (Å²) in [6.07, 6.45) is 3.62. The number of sulfone groups is 1. The predicted octanol–water partition coefficient (Wildman–Crippen LogP) is 2.59. The number of pyridine rings is 1. The van der Waals surface area contributed by atoms with E-state index in [1.165, 1.54) is 11.8 Å². The van der Waals surface area contributed by atoms with Crippen LogP contribution in [0.5, 0.6) is 0 Å². The predicted molar refractivity (Wildman–Crippen MR) is 78.5 cm³/mol. The fourth-order valence-corrected chi connectivity index (χ4v) is 3.32. The molecule has 0 bridgehead atoms. The van der Waals surface area contributed by atoms with E-state index in [4.69, 9.17) is 0 Å². The SMILES string of the molecule is CC(Cc1ccsc1)Nc1ncccc1S(C)(=O)=O. The van der Waals surface area contributed by atoms with Crippen LogP contribution in [0.15, 0.2) is 40.1 Å². The number of rotatable bonds is 5. The lowest BCUT2D eigenvalue weighted by Crippen LogP contribution is -2.20. The maximum Gasteiger partial charge on any atom is 0.179 e. The average molecular weight is 296 g/mol. The maximum absolute atomic E-state index is 11.7. The Morgan fingerprint density at radius 3 is 2.84 bits per heavy atom. The van der Waals surface area contributed by atoms with Crippen LogP contribution in [-0.4, -0.2) is 25.7 Å². The number of nitrogens with zero attached hydrogens (tertiary/aromatic N) is 1. The van der Waals surface area contributed by atoms with Gasteiger partial charge in [0.05, 0.1) is 0 Å². The van der Waals surface area contributed by atoms with E-state index >= 15 is 0 Å². The molecule has 0 aromatic carbocycles. The summed E-state index contributed by atoms with van der Waals surface area (Å²) < 4.78 is 23.3. The molecule has 6 heteroatoms. The van der Waals surface area contributed by atoms with Crippen molar-refractivity contribution in [1.82, 2.24) is 4.98 Å². The van der Waals surface area contributed by atoms with Gasteiger partial charge in [-0.3, -0.25) is 0 Å². The van der Waals surface area contributed by atoms with Gasteiger partial charge in [0, 0.05) is 18.5 Å². The van der Waals surface area contributed by atoms with E-state index < -0.39 is 9.84 Å². The molecule has 0 amide bonds. The molecule has 2 heterocycles. The van der Waals surface area contributed by atoms with E-state index in [9.17, 15) is 8.42 Å². The third-order valence-electron chi connectivity index (χ3n) is 2.68. The Kier molecular flexibility index (Phi) is 4.21. The van der Waals surface area contributed by atoms with E-state index in [1.54, 1.807) is 29.7 Å². The first-order valence-electron chi connectivity index (χ1n) is 5.89. The topological polar surface area (TPSA) is 59.1 Å². The van der Waals surface area contributed by atoms with E-state index in [0.29, 0.717) is 5.82 Å². The van der Waals surface area contributed by atoms with Crippen molar-refractivity contribution >= 4 is 27.0 Å². The van der Waals surface area contributed by atoms with Crippen LogP contribution in [0, 0.1) is 0 Å². The summed E-state index contributed by atoms with van der Waals surface area (Å²) in [4.78, 5) is 4.37. The smallest absolute Gasteiger partial charge is 0.179 e. The zero-order valence-corrected chi connectivity index (χ0v) is 12.5. The molecular formula is C13H16N2O2S2. The minimum Gasteiger partial charge on any atom is -0.366 e. The molecule has 102 valence electrons. The van der Waals surface area contributed by atoms with Crippen molar-refractivity contribution in [2.24, 2.45) is 0 Å². The first-order valence-corrected chi connectivity index (χ1v) is 8.73. The molecule has 2 aromatic heterocycles. The van der Waals surface area contributed by atoms with Crippen molar-refractivity contribution < 1.29 is 8.42 Å². The van der Waals surface area contributed by atoms with Gasteiger partial charge in [-0.2, -0.15) is 11.3 Å². The molecule has 2 aromatic rings. The highest BCUT2D eigenvalue weighted by molar-refractivity contribution is 7.90. The number of aromatic nitrogens is 1. The lowest BCUT2D eigenvalue weighted by molar-refractivity contribution is 0.601. The second kappa shape index (κ2) is 5.71. The Morgan fingerprint density at radius 2 is 2.21 bits per heavy atom. The molecule has 0 radical (unpaired) electrons. The van der Waals surface area contributed by atoms with E-state index in [-0.39, 0.29) is 10.9 Å². The Labute approximate surface area is 117 Å². The van der Waals surface area contributed by atoms with Crippen molar-refractivity contribution in [3.05, 3.63) is 40.7 Å². The van der Waals surface area contributed by atoms with Crippen LogP contribution in [0.3, 0.4) is 0 Å². The van der Waals surface area contributed by atoms with Crippen LogP contribution in [0.2, 0.25) is 0 Å². The fraction of sp³-hybridized carbons (Fsp3) is 0.308. The average Bonchev–Trinajstić information content (AvgIpc) is 2.81. The van der Waals surface area contributed by atoms with Gasteiger partial charge in [0.15, 0.2) is 9.84 Å². The summed E-state index contributed by atoms with van der Waals surface area (Å²) in [5.74, 6) is 0.424. The van der Waals surface area contributed by atoms with Crippen LogP contribution in [0.25, 0.3) is 0 Å². The van der Waals surface area contributed by atoms with Gasteiger partial charge < -0.3 is 5.32 Å². The molecule has 0 aliphatic heterocycles. The Balaban J connectivity index is 2.15. The van der Waals surface area contributed by atoms with Gasteiger partial charge in [-0.05, 0) is 47.9 Å². The largest absolute Gasteiger partial charge is 0.366 e. The van der Waals surface area contributed by atoms with Crippen LogP contribution in [0.4, 0.5) is 5.82 Å². The normalized spacial score (nSPS) is 13.2. The highest BCUT2D eigenvalue weighted by Crippen LogP contribution is 2.19. The molecule has 0 fully saturated rings. The Bertz CT molecular complexity index is 636. The van der Waals surface area contributed by atoms with Gasteiger partial charge in [0.1, 0.15) is 10.7 Å². The fourth-order valence-electron chi connectivity index (χ4n) is 1.84. The monoisotopic (exact) mass is 296 g/mol. The van der Waals surface area contributed by atoms with Gasteiger partial charge in [-0.15, -0.1) is 0 Å². The van der Waals surface area contributed by atoms with E-state index in [1.807, 2.05) is 12.3 Å². The first kappa shape index (κ1) is 14.0. The Hall–Kier alpha value is -1.40. The van der Waals surface area contributed by atoms with Crippen LogP contribution in [0.1, 0.15) is 12.5 Å². The van der Waals surface area contributed by atoms with Gasteiger partial charge in [0.2, 0.25) is 0 Å². The second-order valence-electron chi connectivity index (χ2n) is 4.50. The van der Waals surface area contributed by atoms with Gasteiger partial charge in [-0.1, -0.05) is 0 Å². The van der Waals surface area contributed by atoms with E-state index in [0.717, 1.165) is 6.42 Å². The van der Waals surface area contributed by atoms with Crippen molar-refractivity contribution in [3.8, 4) is 0 Å². The van der Waals surface area contributed by atoms with Gasteiger partial charge >= 0.3 is 0 Å². The number of hydrogen-bond donors (Lipinski definition) is 1. The molecule has 0 aliphatic carbocycles. The summed E-state index contributed by atoms with van der Waals surface area (Å²) in [6, 6.07) is 5.39. The minimum absolute atomic E-state index is 0.116. The highest BCUT2D eigenvalue weighted by atomic mass is 32.2. The molecule has 19 heavy (non-hydrogen) atoms. The number of anilines is 1. The molecule has 1 N–H and O–H groups in total. The summed E-state index contributed by atoms with van der Waals surface area (Å²) in [5.41, 5.74) is 1.24. The first-order chi connectivity index (χ1) is 8.97. The van der Waals surface area contributed by atoms with Crippen LogP contribution < -0.4 is 5.32 Å². The third-order valence-corrected chi connectivity index (χ3v) is 4.54. The maximum atomic E-state index is 11.7. The molecule has 0 saturated carbocycles. The van der Waals surface area contributed by atoms with Gasteiger partial charge in [-0.25, -0.2) is 13.4 Å².